The van der Waals surface area contributed by atoms with Crippen molar-refractivity contribution in [1.82, 2.24) is 0 Å². The minimum atomic E-state index is -0.787. The Morgan fingerprint density at radius 3 is 0.861 bits per heavy atom. The van der Waals surface area contributed by atoms with E-state index in [1.807, 2.05) is 0 Å². The van der Waals surface area contributed by atoms with Crippen LogP contribution >= 0.6 is 0 Å². The highest BCUT2D eigenvalue weighted by Gasteiger charge is 2.19. The molecular weight excluding hydrogens is 889 g/mol. The number of carbonyl (C=O) groups excluding carboxylic acids is 3. The van der Waals surface area contributed by atoms with Gasteiger partial charge in [-0.2, -0.15) is 0 Å². The normalized spacial score (nSPS) is 12.7. The minimum Gasteiger partial charge on any atom is -0.462 e. The average molecular weight is 1000 g/mol. The molecule has 0 saturated carbocycles. The molecular formula is C66H114O6. The van der Waals surface area contributed by atoms with Crippen LogP contribution in [0.1, 0.15) is 297 Å². The smallest absolute Gasteiger partial charge is 0.306 e. The van der Waals surface area contributed by atoms with E-state index in [0.717, 1.165) is 116 Å². The molecule has 0 N–H and O–H groups in total. The number of hydrogen-bond acceptors (Lipinski definition) is 6. The number of esters is 3. The molecule has 0 aliphatic heterocycles. The van der Waals surface area contributed by atoms with E-state index in [1.54, 1.807) is 0 Å². The van der Waals surface area contributed by atoms with Gasteiger partial charge in [0.05, 0.1) is 0 Å². The van der Waals surface area contributed by atoms with Crippen LogP contribution in [0.15, 0.2) is 85.1 Å². The summed E-state index contributed by atoms with van der Waals surface area (Å²) in [6, 6.07) is 0. The Morgan fingerprint density at radius 2 is 0.542 bits per heavy atom. The second-order valence-electron chi connectivity index (χ2n) is 20.2. The molecule has 72 heavy (non-hydrogen) atoms. The van der Waals surface area contributed by atoms with Crippen LogP contribution in [0.2, 0.25) is 0 Å². The van der Waals surface area contributed by atoms with Gasteiger partial charge in [-0.3, -0.25) is 14.4 Å². The lowest BCUT2D eigenvalue weighted by atomic mass is 10.0. The van der Waals surface area contributed by atoms with Crippen LogP contribution < -0.4 is 0 Å². The van der Waals surface area contributed by atoms with E-state index in [1.165, 1.54) is 141 Å². The molecule has 0 amide bonds. The summed E-state index contributed by atoms with van der Waals surface area (Å²) in [6.45, 7) is 6.48. The first-order chi connectivity index (χ1) is 35.5. The maximum atomic E-state index is 12.9. The fraction of sp³-hybridized carbons (Fsp3) is 0.742. The molecule has 0 rings (SSSR count). The van der Waals surface area contributed by atoms with Crippen molar-refractivity contribution in [3.05, 3.63) is 85.1 Å². The number of allylic oxidation sites excluding steroid dienone is 14. The van der Waals surface area contributed by atoms with Gasteiger partial charge in [0, 0.05) is 19.3 Å². The fourth-order valence-electron chi connectivity index (χ4n) is 8.52. The Bertz CT molecular complexity index is 1380. The predicted molar refractivity (Wildman–Crippen MR) is 311 cm³/mol. The molecule has 0 saturated heterocycles. The Balaban J connectivity index is 4.25. The van der Waals surface area contributed by atoms with E-state index in [4.69, 9.17) is 14.2 Å². The highest BCUT2D eigenvalue weighted by Crippen LogP contribution is 2.16. The zero-order valence-electron chi connectivity index (χ0n) is 47.4. The van der Waals surface area contributed by atoms with Gasteiger partial charge < -0.3 is 14.2 Å². The maximum Gasteiger partial charge on any atom is 0.306 e. The third-order valence-electron chi connectivity index (χ3n) is 13.1. The van der Waals surface area contributed by atoms with E-state index >= 15 is 0 Å². The first-order valence-corrected chi connectivity index (χ1v) is 30.6. The highest BCUT2D eigenvalue weighted by atomic mass is 16.6. The number of unbranched alkanes of at least 4 members (excludes halogenated alkanes) is 30. The van der Waals surface area contributed by atoms with Gasteiger partial charge in [-0.1, -0.05) is 247 Å². The molecule has 0 aliphatic carbocycles. The number of ether oxygens (including phenoxy) is 3. The summed E-state index contributed by atoms with van der Waals surface area (Å²) in [5.41, 5.74) is 0. The van der Waals surface area contributed by atoms with Crippen LogP contribution in [0.3, 0.4) is 0 Å². The molecule has 0 fully saturated rings. The largest absolute Gasteiger partial charge is 0.462 e. The van der Waals surface area contributed by atoms with Gasteiger partial charge in [0.15, 0.2) is 6.10 Å². The lowest BCUT2D eigenvalue weighted by Gasteiger charge is -2.18. The summed E-state index contributed by atoms with van der Waals surface area (Å²) in [7, 11) is 0. The summed E-state index contributed by atoms with van der Waals surface area (Å²) in [5.74, 6) is -0.899. The first-order valence-electron chi connectivity index (χ1n) is 30.6. The summed E-state index contributed by atoms with van der Waals surface area (Å²) < 4.78 is 16.9. The van der Waals surface area contributed by atoms with Gasteiger partial charge in [-0.05, 0) is 116 Å². The summed E-state index contributed by atoms with van der Waals surface area (Å²) in [4.78, 5) is 38.2. The first kappa shape index (κ1) is 68.6. The second-order valence-corrected chi connectivity index (χ2v) is 20.2. The Kier molecular flexibility index (Phi) is 57.3. The molecule has 0 heterocycles. The molecule has 6 heteroatoms. The highest BCUT2D eigenvalue weighted by molar-refractivity contribution is 5.71. The molecule has 0 aromatic rings. The zero-order valence-corrected chi connectivity index (χ0v) is 47.4. The molecule has 414 valence electrons. The lowest BCUT2D eigenvalue weighted by Crippen LogP contribution is -2.30. The van der Waals surface area contributed by atoms with Crippen molar-refractivity contribution in [1.29, 1.82) is 0 Å². The fourth-order valence-corrected chi connectivity index (χ4v) is 8.52. The number of hydrogen-bond donors (Lipinski definition) is 0. The molecule has 0 aromatic heterocycles. The van der Waals surface area contributed by atoms with Crippen LogP contribution in [0.25, 0.3) is 0 Å². The Morgan fingerprint density at radius 1 is 0.292 bits per heavy atom. The second kappa shape index (κ2) is 60.1. The van der Waals surface area contributed by atoms with Gasteiger partial charge in [0.2, 0.25) is 0 Å². The number of rotatable bonds is 55. The zero-order chi connectivity index (χ0) is 52.2. The van der Waals surface area contributed by atoms with Crippen molar-refractivity contribution in [3.63, 3.8) is 0 Å². The Hall–Kier alpha value is -3.41. The van der Waals surface area contributed by atoms with Gasteiger partial charge in [-0.15, -0.1) is 0 Å². The van der Waals surface area contributed by atoms with E-state index in [9.17, 15) is 14.4 Å². The van der Waals surface area contributed by atoms with E-state index in [-0.39, 0.29) is 31.1 Å². The average Bonchev–Trinajstić information content (AvgIpc) is 3.38. The van der Waals surface area contributed by atoms with Gasteiger partial charge >= 0.3 is 17.9 Å². The van der Waals surface area contributed by atoms with Crippen LogP contribution in [0.5, 0.6) is 0 Å². The molecule has 0 aromatic carbocycles. The molecule has 1 atom stereocenters. The third-order valence-corrected chi connectivity index (χ3v) is 13.1. The summed E-state index contributed by atoms with van der Waals surface area (Å²) in [6.07, 6.45) is 78.7. The van der Waals surface area contributed by atoms with E-state index in [2.05, 4.69) is 106 Å². The van der Waals surface area contributed by atoms with Crippen LogP contribution in [0, 0.1) is 0 Å². The van der Waals surface area contributed by atoms with Gasteiger partial charge in [0.1, 0.15) is 13.2 Å². The topological polar surface area (TPSA) is 78.9 Å². The molecule has 0 bridgehead atoms. The SMILES string of the molecule is CC/C=C\C/C=C\C/C=C\C/C=C\CCCCCCCCCCCCCCCCC(=O)OCC(COC(=O)CCCCCCC/C=C\CCCCC)OC(=O)CCCCCCC/C=C\C/C=C\CCCCC. The minimum absolute atomic E-state index is 0.0836. The summed E-state index contributed by atoms with van der Waals surface area (Å²) in [5, 5.41) is 0. The lowest BCUT2D eigenvalue weighted by molar-refractivity contribution is -0.167. The van der Waals surface area contributed by atoms with Crippen molar-refractivity contribution >= 4 is 17.9 Å². The molecule has 6 nitrogen and oxygen atoms in total. The quantitative estimate of drug-likeness (QED) is 0.0261. The standard InChI is InChI=1S/C66H114O6/c1-4-7-10-13-16-19-22-25-27-28-29-30-31-32-33-34-35-36-37-38-40-41-44-47-50-53-56-59-65(68)71-62-63(61-70-64(67)58-55-52-49-46-43-24-21-18-15-12-9-6-3)72-66(69)60-57-54-51-48-45-42-39-26-23-20-17-14-11-8-5-2/h7,10,16-21,25-27,29-30,39,63H,4-6,8-9,11-15,22-24,28,31-38,40-62H2,1-3H3/b10-7-,19-16-,20-17-,21-18-,27-25-,30-29-,39-26-. The van der Waals surface area contributed by atoms with E-state index in [0.29, 0.717) is 19.3 Å². The number of carbonyl (C=O) groups is 3. The molecule has 0 spiro atoms. The maximum absolute atomic E-state index is 12.9. The van der Waals surface area contributed by atoms with Gasteiger partial charge in [0.25, 0.3) is 0 Å². The van der Waals surface area contributed by atoms with Crippen molar-refractivity contribution < 1.29 is 28.6 Å². The molecule has 0 aliphatic rings. The monoisotopic (exact) mass is 1000 g/mol. The predicted octanol–water partition coefficient (Wildman–Crippen LogP) is 20.7. The van der Waals surface area contributed by atoms with E-state index < -0.39 is 6.10 Å². The van der Waals surface area contributed by atoms with Gasteiger partial charge in [-0.25, -0.2) is 0 Å². The summed E-state index contributed by atoms with van der Waals surface area (Å²) >= 11 is 0. The van der Waals surface area contributed by atoms with Crippen molar-refractivity contribution in [2.75, 3.05) is 13.2 Å². The molecule has 0 radical (unpaired) electrons. The van der Waals surface area contributed by atoms with Crippen LogP contribution in [-0.4, -0.2) is 37.2 Å². The van der Waals surface area contributed by atoms with Crippen LogP contribution in [0.4, 0.5) is 0 Å². The van der Waals surface area contributed by atoms with Crippen molar-refractivity contribution in [2.45, 2.75) is 303 Å². The van der Waals surface area contributed by atoms with Crippen LogP contribution in [-0.2, 0) is 28.6 Å². The third kappa shape index (κ3) is 57.5. The van der Waals surface area contributed by atoms with Crippen molar-refractivity contribution in [2.24, 2.45) is 0 Å². The van der Waals surface area contributed by atoms with Crippen molar-refractivity contribution in [3.8, 4) is 0 Å². The Labute approximate surface area is 445 Å². The molecule has 1 unspecified atom stereocenters.